The molecule has 0 N–H and O–H groups in total. The molecule has 2 unspecified atom stereocenters. The van der Waals surface area contributed by atoms with E-state index in [9.17, 15) is 4.39 Å². The topological polar surface area (TPSA) is 41.5 Å². The Kier molecular flexibility index (Phi) is 4.67. The molecule has 7 heteroatoms. The van der Waals surface area contributed by atoms with Crippen LogP contribution in [-0.2, 0) is 3.07 Å². The molecule has 2 aliphatic rings. The smallest absolute Gasteiger partial charge is 0.225 e. The zero-order valence-electron chi connectivity index (χ0n) is 11.2. The minimum atomic E-state index is -0.383. The molecule has 0 amide bonds. The molecule has 3 rings (SSSR count). The molecule has 1 aromatic heterocycles. The maximum absolute atomic E-state index is 12.9. The van der Waals surface area contributed by atoms with Crippen molar-refractivity contribution in [1.82, 2.24) is 14.9 Å². The third-order valence-corrected chi connectivity index (χ3v) is 4.55. The van der Waals surface area contributed by atoms with Crippen LogP contribution in [0.2, 0.25) is 0 Å². The van der Waals surface area contributed by atoms with Gasteiger partial charge in [-0.2, -0.15) is 0 Å². The lowest BCUT2D eigenvalue weighted by Gasteiger charge is -2.46. The van der Waals surface area contributed by atoms with Crippen LogP contribution in [0.15, 0.2) is 12.4 Å². The molecule has 2 aliphatic heterocycles. The van der Waals surface area contributed by atoms with Gasteiger partial charge in [0.05, 0.1) is 19.0 Å². The van der Waals surface area contributed by atoms with E-state index in [0.717, 1.165) is 32.8 Å². The summed E-state index contributed by atoms with van der Waals surface area (Å²) in [6.45, 7) is 4.81. The number of piperidine rings is 1. The lowest BCUT2D eigenvalue weighted by Crippen LogP contribution is -2.57. The van der Waals surface area contributed by atoms with E-state index in [1.54, 1.807) is 0 Å². The molecule has 0 aromatic carbocycles. The second kappa shape index (κ2) is 6.48. The number of rotatable bonds is 3. The van der Waals surface area contributed by atoms with Gasteiger partial charge in [0, 0.05) is 32.2 Å². The fraction of sp³-hybridized carbons (Fsp3) is 0.692. The second-order valence-corrected chi connectivity index (χ2v) is 6.14. The van der Waals surface area contributed by atoms with E-state index in [2.05, 4.69) is 19.8 Å². The summed E-state index contributed by atoms with van der Waals surface area (Å²) < 4.78 is 18.1. The fourth-order valence-corrected chi connectivity index (χ4v) is 3.64. The van der Waals surface area contributed by atoms with Crippen molar-refractivity contribution in [3.8, 4) is 0 Å². The van der Waals surface area contributed by atoms with Gasteiger partial charge in [0.2, 0.25) is 5.95 Å². The summed E-state index contributed by atoms with van der Waals surface area (Å²) in [5, 5.41) is 0. The Morgan fingerprint density at radius 2 is 2.05 bits per heavy atom. The highest BCUT2D eigenvalue weighted by molar-refractivity contribution is 14.1. The van der Waals surface area contributed by atoms with Gasteiger partial charge in [-0.1, -0.05) is 0 Å². The molecule has 0 radical (unpaired) electrons. The van der Waals surface area contributed by atoms with Gasteiger partial charge in [0.1, 0.15) is 23.0 Å². The van der Waals surface area contributed by atoms with Crippen molar-refractivity contribution in [3.05, 3.63) is 18.2 Å². The van der Waals surface area contributed by atoms with Gasteiger partial charge < -0.3 is 7.97 Å². The fourth-order valence-electron chi connectivity index (χ4n) is 3.13. The standard InChI is InChI=1S/C13H18FIN4O/c14-11-5-16-13(17-6-11)19-4-3-18-7-10(9-20-15)1-2-12(18)8-19/h5-6,10,12H,1-4,7-9H2. The van der Waals surface area contributed by atoms with E-state index in [0.29, 0.717) is 17.9 Å². The number of anilines is 1. The Hall–Kier alpha value is -0.540. The first-order valence-electron chi connectivity index (χ1n) is 6.96. The molecule has 2 atom stereocenters. The van der Waals surface area contributed by atoms with Crippen LogP contribution < -0.4 is 4.90 Å². The van der Waals surface area contributed by atoms with Crippen LogP contribution >= 0.6 is 23.0 Å². The Bertz CT molecular complexity index is 447. The molecule has 20 heavy (non-hydrogen) atoms. The van der Waals surface area contributed by atoms with E-state index in [1.807, 2.05) is 23.0 Å². The van der Waals surface area contributed by atoms with Crippen LogP contribution in [0.5, 0.6) is 0 Å². The molecule has 110 valence electrons. The van der Waals surface area contributed by atoms with Gasteiger partial charge in [-0.25, -0.2) is 14.4 Å². The predicted octanol–water partition coefficient (Wildman–Crippen LogP) is 1.88. The van der Waals surface area contributed by atoms with Crippen molar-refractivity contribution in [2.45, 2.75) is 18.9 Å². The van der Waals surface area contributed by atoms with Crippen molar-refractivity contribution < 1.29 is 7.46 Å². The summed E-state index contributed by atoms with van der Waals surface area (Å²) in [5.74, 6) is 0.909. The Morgan fingerprint density at radius 1 is 1.25 bits per heavy atom. The highest BCUT2D eigenvalue weighted by Crippen LogP contribution is 2.26. The van der Waals surface area contributed by atoms with Crippen LogP contribution in [0.4, 0.5) is 10.3 Å². The highest BCUT2D eigenvalue weighted by Gasteiger charge is 2.33. The molecule has 0 bridgehead atoms. The maximum Gasteiger partial charge on any atom is 0.225 e. The molecule has 1 aromatic rings. The number of halogens is 2. The summed E-state index contributed by atoms with van der Waals surface area (Å²) in [6, 6.07) is 0.558. The van der Waals surface area contributed by atoms with Gasteiger partial charge in [-0.3, -0.25) is 4.90 Å². The summed E-state index contributed by atoms with van der Waals surface area (Å²) in [4.78, 5) is 12.9. The van der Waals surface area contributed by atoms with Gasteiger partial charge >= 0.3 is 0 Å². The molecule has 0 spiro atoms. The summed E-state index contributed by atoms with van der Waals surface area (Å²) in [6.07, 6.45) is 4.87. The van der Waals surface area contributed by atoms with Gasteiger partial charge in [-0.15, -0.1) is 0 Å². The number of hydrogen-bond acceptors (Lipinski definition) is 5. The summed E-state index contributed by atoms with van der Waals surface area (Å²) in [7, 11) is 0. The van der Waals surface area contributed by atoms with E-state index in [4.69, 9.17) is 3.07 Å². The first-order valence-corrected chi connectivity index (χ1v) is 7.84. The quantitative estimate of drug-likeness (QED) is 0.735. The van der Waals surface area contributed by atoms with E-state index in [1.165, 1.54) is 25.2 Å². The molecule has 0 aliphatic carbocycles. The van der Waals surface area contributed by atoms with Crippen molar-refractivity contribution >= 4 is 29.0 Å². The second-order valence-electron chi connectivity index (χ2n) is 5.52. The summed E-state index contributed by atoms with van der Waals surface area (Å²) in [5.41, 5.74) is 0. The molecule has 2 saturated heterocycles. The molecule has 0 saturated carbocycles. The average molecular weight is 392 g/mol. The van der Waals surface area contributed by atoms with Crippen LogP contribution in [0.25, 0.3) is 0 Å². The zero-order chi connectivity index (χ0) is 13.9. The highest BCUT2D eigenvalue weighted by atomic mass is 127. The number of aromatic nitrogens is 2. The largest absolute Gasteiger partial charge is 0.338 e. The molecule has 3 heterocycles. The van der Waals surface area contributed by atoms with Crippen molar-refractivity contribution in [2.75, 3.05) is 37.7 Å². The van der Waals surface area contributed by atoms with Gasteiger partial charge in [0.15, 0.2) is 5.82 Å². The lowest BCUT2D eigenvalue weighted by molar-refractivity contribution is 0.0806. The van der Waals surface area contributed by atoms with Crippen LogP contribution in [0, 0.1) is 11.7 Å². The predicted molar refractivity (Wildman–Crippen MR) is 82.3 cm³/mol. The molecular weight excluding hydrogens is 374 g/mol. The van der Waals surface area contributed by atoms with E-state index < -0.39 is 0 Å². The number of fused-ring (bicyclic) bond motifs is 1. The zero-order valence-corrected chi connectivity index (χ0v) is 13.4. The van der Waals surface area contributed by atoms with E-state index >= 15 is 0 Å². The molecule has 5 nitrogen and oxygen atoms in total. The first-order chi connectivity index (χ1) is 9.76. The van der Waals surface area contributed by atoms with Crippen LogP contribution in [0.1, 0.15) is 12.8 Å². The van der Waals surface area contributed by atoms with Gasteiger partial charge in [-0.05, 0) is 18.8 Å². The van der Waals surface area contributed by atoms with Crippen molar-refractivity contribution in [1.29, 1.82) is 0 Å². The minimum Gasteiger partial charge on any atom is -0.338 e. The summed E-state index contributed by atoms with van der Waals surface area (Å²) >= 11 is 1.98. The number of piperazine rings is 1. The van der Waals surface area contributed by atoms with Crippen molar-refractivity contribution in [2.24, 2.45) is 5.92 Å². The maximum atomic E-state index is 12.9. The minimum absolute atomic E-state index is 0.383. The van der Waals surface area contributed by atoms with E-state index in [-0.39, 0.29) is 5.82 Å². The normalized spacial score (nSPS) is 27.4. The third-order valence-electron chi connectivity index (χ3n) is 4.19. The average Bonchev–Trinajstić information content (AvgIpc) is 2.48. The lowest BCUT2D eigenvalue weighted by atomic mass is 9.92. The van der Waals surface area contributed by atoms with Crippen molar-refractivity contribution in [3.63, 3.8) is 0 Å². The monoisotopic (exact) mass is 392 g/mol. The third kappa shape index (κ3) is 3.20. The Labute approximate surface area is 132 Å². The van der Waals surface area contributed by atoms with Crippen LogP contribution in [0.3, 0.4) is 0 Å². The number of hydrogen-bond donors (Lipinski definition) is 0. The SMILES string of the molecule is Fc1cnc(N2CCN3CC(COI)CCC3C2)nc1. The first kappa shape index (κ1) is 14.4. The number of nitrogens with zero attached hydrogens (tertiary/aromatic N) is 4. The Balaban J connectivity index is 1.61. The van der Waals surface area contributed by atoms with Crippen LogP contribution in [-0.4, -0.2) is 53.7 Å². The molecule has 2 fully saturated rings. The molecular formula is C13H18FIN4O. The van der Waals surface area contributed by atoms with Gasteiger partial charge in [0.25, 0.3) is 0 Å². The Morgan fingerprint density at radius 3 is 2.80 bits per heavy atom.